The molecule has 0 saturated carbocycles. The van der Waals surface area contributed by atoms with Crippen LogP contribution in [0.3, 0.4) is 0 Å². The molecule has 0 radical (unpaired) electrons. The summed E-state index contributed by atoms with van der Waals surface area (Å²) in [5.74, 6) is 0.615. The topological polar surface area (TPSA) is 94.7 Å². The Morgan fingerprint density at radius 1 is 0.354 bits per heavy atom. The minimum atomic E-state index is 0.242. The molecule has 0 saturated heterocycles. The maximum absolute atomic E-state index is 3.20. The normalized spacial score (nSPS) is 9.78. The molecule has 6 heteroatoms. The van der Waals surface area contributed by atoms with E-state index in [0.29, 0.717) is 5.92 Å². The number of aromatic amines is 6. The summed E-state index contributed by atoms with van der Waals surface area (Å²) in [5.41, 5.74) is 14.5. The Kier molecular flexibility index (Phi) is 35.1. The van der Waals surface area contributed by atoms with Crippen LogP contribution in [-0.4, -0.2) is 29.9 Å². The molecule has 79 heavy (non-hydrogen) atoms. The van der Waals surface area contributed by atoms with Crippen LogP contribution in [0.25, 0.3) is 65.4 Å². The third kappa shape index (κ3) is 23.2. The molecule has 0 aliphatic rings. The van der Waals surface area contributed by atoms with Gasteiger partial charge in [-0.15, -0.1) is 0 Å². The Bertz CT molecular complexity index is 3320. The minimum Gasteiger partial charge on any atom is -0.361 e. The summed E-state index contributed by atoms with van der Waals surface area (Å²) in [6.07, 6.45) is 15.4. The van der Waals surface area contributed by atoms with Crippen LogP contribution < -0.4 is 0 Å². The summed E-state index contributed by atoms with van der Waals surface area (Å²) < 4.78 is 0. The Morgan fingerprint density at radius 2 is 0.709 bits per heavy atom. The Balaban J connectivity index is 0.000000457. The van der Waals surface area contributed by atoms with Crippen molar-refractivity contribution in [2.45, 2.75) is 169 Å². The van der Waals surface area contributed by atoms with Crippen LogP contribution in [0.4, 0.5) is 0 Å². The number of hydrogen-bond donors (Lipinski definition) is 6. The van der Waals surface area contributed by atoms with E-state index >= 15 is 0 Å². The van der Waals surface area contributed by atoms with Gasteiger partial charge in [-0.25, -0.2) is 0 Å². The molecule has 6 nitrogen and oxygen atoms in total. The molecule has 12 aromatic rings. The van der Waals surface area contributed by atoms with Crippen LogP contribution in [-0.2, 0) is 18.3 Å². The van der Waals surface area contributed by atoms with Crippen molar-refractivity contribution in [3.05, 3.63) is 217 Å². The number of aromatic nitrogens is 6. The summed E-state index contributed by atoms with van der Waals surface area (Å²) in [6, 6.07) is 53.5. The van der Waals surface area contributed by atoms with E-state index < -0.39 is 0 Å². The Hall–Kier alpha value is -7.44. The van der Waals surface area contributed by atoms with Crippen molar-refractivity contribution in [3.8, 4) is 0 Å². The zero-order valence-corrected chi connectivity index (χ0v) is 52.6. The molecule has 0 fully saturated rings. The van der Waals surface area contributed by atoms with Crippen LogP contribution in [0.15, 0.2) is 189 Å². The molecule has 0 aliphatic carbocycles. The van der Waals surface area contributed by atoms with Gasteiger partial charge in [0.05, 0.1) is 0 Å². The van der Waals surface area contributed by atoms with E-state index in [1.54, 1.807) is 0 Å². The van der Waals surface area contributed by atoms with E-state index in [1.165, 1.54) is 106 Å². The maximum Gasteiger partial charge on any atom is 0.0454 e. The average molecular weight is 1070 g/mol. The first-order chi connectivity index (χ1) is 38.5. The number of H-pyrrole nitrogens is 6. The molecule has 6 aromatic heterocycles. The standard InChI is InChI=1S/C12H15N.2C11H13N.C10H11N.C9H9N.C8H7N.6C2H6/c1-12(2,3)10-4-5-11-9(8-10)6-7-13-11;1-8(2)9-3-4-11-10(7-9)5-6-12-11;1-2-3-9-4-5-11-10(8-9)6-7-12-11;1-2-8-3-4-10-9(7-8)5-6-11-10;1-7-2-3-9-8(6-7)4-5-10-9;1-2-4-8-7(3-1)5-6-9-8;6*1-2/h4-8,13H,1-3H3;3-8,12H,1-2H3;4-8,12H,2-3H2,1H3;3-7,11H,2H2,1H3;2-6,10H,1H3;1-6,9H;6*1-2H3. The lowest BCUT2D eigenvalue weighted by atomic mass is 9.86. The van der Waals surface area contributed by atoms with Crippen molar-refractivity contribution in [1.82, 2.24) is 29.9 Å². The molecule has 0 amide bonds. The van der Waals surface area contributed by atoms with Crippen molar-refractivity contribution < 1.29 is 0 Å². The lowest BCUT2D eigenvalue weighted by molar-refractivity contribution is 0.591. The van der Waals surface area contributed by atoms with Crippen molar-refractivity contribution in [2.24, 2.45) is 0 Å². The summed E-state index contributed by atoms with van der Waals surface area (Å²) >= 11 is 0. The molecule has 0 spiro atoms. The summed E-state index contributed by atoms with van der Waals surface area (Å²) in [5, 5.41) is 7.80. The Morgan fingerprint density at radius 3 is 1.14 bits per heavy atom. The van der Waals surface area contributed by atoms with Gasteiger partial charge in [-0.2, -0.15) is 0 Å². The predicted octanol–water partition coefficient (Wildman–Crippen LogP) is 23.4. The fourth-order valence-electron chi connectivity index (χ4n) is 7.99. The number of aryl methyl sites for hydroxylation is 3. The molecule has 0 atom stereocenters. The highest BCUT2D eigenvalue weighted by Crippen LogP contribution is 2.26. The van der Waals surface area contributed by atoms with Crippen LogP contribution >= 0.6 is 0 Å². The summed E-state index contributed by atoms with van der Waals surface area (Å²) in [6.45, 7) is 41.6. The molecular weight excluding hydrogens is 961 g/mol. The number of rotatable bonds is 4. The van der Waals surface area contributed by atoms with Crippen molar-refractivity contribution in [2.75, 3.05) is 0 Å². The molecule has 426 valence electrons. The third-order valence-corrected chi connectivity index (χ3v) is 12.0. The first kappa shape index (κ1) is 69.6. The van der Waals surface area contributed by atoms with Crippen LogP contribution in [0, 0.1) is 6.92 Å². The zero-order valence-electron chi connectivity index (χ0n) is 52.6. The van der Waals surface area contributed by atoms with Crippen LogP contribution in [0.1, 0.15) is 172 Å². The fraction of sp³-hybridized carbons (Fsp3) is 0.342. The van der Waals surface area contributed by atoms with E-state index in [1.807, 2.05) is 132 Å². The van der Waals surface area contributed by atoms with Crippen LogP contribution in [0.5, 0.6) is 0 Å². The second kappa shape index (κ2) is 39.9. The maximum atomic E-state index is 3.20. The SMILES string of the molecule is CC.CC.CC.CC.CC.CC.CC(C)(C)c1ccc2[nH]ccc2c1.CC(C)c1ccc2[nH]ccc2c1.CCCc1ccc2[nH]ccc2c1.CCc1ccc2[nH]ccc2c1.Cc1ccc2[nH]ccc2c1.c1ccc2[nH]ccc2c1. The second-order valence-corrected chi connectivity index (χ2v) is 18.5. The number of nitrogens with one attached hydrogen (secondary N) is 6. The summed E-state index contributed by atoms with van der Waals surface area (Å²) in [7, 11) is 0. The average Bonchev–Trinajstić information content (AvgIpc) is 4.39. The van der Waals surface area contributed by atoms with Gasteiger partial charge in [0.1, 0.15) is 0 Å². The van der Waals surface area contributed by atoms with Gasteiger partial charge in [0.25, 0.3) is 0 Å². The predicted molar refractivity (Wildman–Crippen MR) is 359 cm³/mol. The highest BCUT2D eigenvalue weighted by atomic mass is 14.7. The molecule has 6 N–H and O–H groups in total. The van der Waals surface area contributed by atoms with E-state index in [9.17, 15) is 0 Å². The number of benzene rings is 6. The van der Waals surface area contributed by atoms with Crippen molar-refractivity contribution in [3.63, 3.8) is 0 Å². The third-order valence-electron chi connectivity index (χ3n) is 12.0. The van der Waals surface area contributed by atoms with E-state index in [0.717, 1.165) is 6.42 Å². The fourth-order valence-corrected chi connectivity index (χ4v) is 7.99. The van der Waals surface area contributed by atoms with E-state index in [2.05, 4.69) is 225 Å². The van der Waals surface area contributed by atoms with Crippen LogP contribution in [0.2, 0.25) is 0 Å². The van der Waals surface area contributed by atoms with Crippen molar-refractivity contribution >= 4 is 65.4 Å². The van der Waals surface area contributed by atoms with E-state index in [4.69, 9.17) is 0 Å². The first-order valence-electron chi connectivity index (χ1n) is 29.8. The molecule has 6 aromatic carbocycles. The molecule has 0 aliphatic heterocycles. The minimum absolute atomic E-state index is 0.242. The first-order valence-corrected chi connectivity index (χ1v) is 29.8. The van der Waals surface area contributed by atoms with E-state index in [-0.39, 0.29) is 5.41 Å². The second-order valence-electron chi connectivity index (χ2n) is 18.5. The Labute approximate surface area is 478 Å². The van der Waals surface area contributed by atoms with Gasteiger partial charge in [0, 0.05) is 70.3 Å². The van der Waals surface area contributed by atoms with Gasteiger partial charge in [0.15, 0.2) is 0 Å². The molecule has 12 rings (SSSR count). The lowest BCUT2D eigenvalue weighted by Gasteiger charge is -2.18. The molecule has 0 bridgehead atoms. The van der Waals surface area contributed by atoms with Gasteiger partial charge in [-0.1, -0.05) is 192 Å². The lowest BCUT2D eigenvalue weighted by Crippen LogP contribution is -2.10. The van der Waals surface area contributed by atoms with Gasteiger partial charge in [-0.05, 0) is 189 Å². The smallest absolute Gasteiger partial charge is 0.0454 e. The molecule has 6 heterocycles. The number of para-hydroxylation sites is 1. The quantitative estimate of drug-likeness (QED) is 0.101. The van der Waals surface area contributed by atoms with Gasteiger partial charge >= 0.3 is 0 Å². The number of fused-ring (bicyclic) bond motifs is 6. The summed E-state index contributed by atoms with van der Waals surface area (Å²) in [4.78, 5) is 19.0. The van der Waals surface area contributed by atoms with Gasteiger partial charge in [-0.3, -0.25) is 0 Å². The van der Waals surface area contributed by atoms with Crippen molar-refractivity contribution in [1.29, 1.82) is 0 Å². The van der Waals surface area contributed by atoms with Gasteiger partial charge < -0.3 is 29.9 Å². The zero-order chi connectivity index (χ0) is 59.2. The number of hydrogen-bond acceptors (Lipinski definition) is 0. The molecular formula is C73H104N6. The highest BCUT2D eigenvalue weighted by molar-refractivity contribution is 5.83. The largest absolute Gasteiger partial charge is 0.361 e. The molecule has 0 unspecified atom stereocenters. The highest BCUT2D eigenvalue weighted by Gasteiger charge is 2.13. The van der Waals surface area contributed by atoms with Gasteiger partial charge in [0.2, 0.25) is 0 Å². The monoisotopic (exact) mass is 1060 g/mol.